The topological polar surface area (TPSA) is 86.0 Å². The van der Waals surface area contributed by atoms with Crippen LogP contribution in [0, 0.1) is 5.92 Å². The molecule has 2 heterocycles. The third kappa shape index (κ3) is 4.24. The van der Waals surface area contributed by atoms with Gasteiger partial charge in [0.2, 0.25) is 0 Å². The van der Waals surface area contributed by atoms with Crippen LogP contribution in [-0.2, 0) is 9.53 Å². The summed E-state index contributed by atoms with van der Waals surface area (Å²) in [5, 5.41) is 10.4. The number of ketones is 1. The first-order valence-electron chi connectivity index (χ1n) is 9.98. The van der Waals surface area contributed by atoms with E-state index >= 15 is 0 Å². The lowest BCUT2D eigenvalue weighted by Crippen LogP contribution is -2.38. The fraction of sp³-hybridized carbons (Fsp3) is 0.333. The van der Waals surface area contributed by atoms with Gasteiger partial charge in [-0.15, -0.1) is 0 Å². The van der Waals surface area contributed by atoms with E-state index in [1.54, 1.807) is 0 Å². The van der Waals surface area contributed by atoms with Crippen LogP contribution in [0.3, 0.4) is 0 Å². The molecule has 1 aliphatic heterocycles. The Bertz CT molecular complexity index is 1130. The zero-order valence-corrected chi connectivity index (χ0v) is 17.0. The molecule has 3 aromatic rings. The zero-order valence-electron chi connectivity index (χ0n) is 17.0. The molecule has 0 amide bonds. The summed E-state index contributed by atoms with van der Waals surface area (Å²) < 4.78 is 17.2. The standard InChI is InChI=1S/C24H24O6/c1-24(2)13-16(8-9-29-24)20(27)14-28-17-10-18(25)23-19(26)12-21(30-22(23)11-17)15-6-4-3-5-7-15/h3-7,10-12,16,25H,8-9,13-14H2,1-2H3/t16-/m1/s1. The van der Waals surface area contributed by atoms with Gasteiger partial charge in [-0.1, -0.05) is 30.3 Å². The van der Waals surface area contributed by atoms with E-state index in [-0.39, 0.29) is 51.8 Å². The molecule has 1 saturated heterocycles. The van der Waals surface area contributed by atoms with E-state index in [0.717, 1.165) is 5.56 Å². The molecule has 0 saturated carbocycles. The lowest BCUT2D eigenvalue weighted by Gasteiger charge is -2.34. The molecule has 0 spiro atoms. The predicted molar refractivity (Wildman–Crippen MR) is 113 cm³/mol. The number of benzene rings is 2. The minimum atomic E-state index is -0.348. The van der Waals surface area contributed by atoms with Gasteiger partial charge in [-0.2, -0.15) is 0 Å². The Morgan fingerprint density at radius 3 is 2.70 bits per heavy atom. The van der Waals surface area contributed by atoms with Crippen molar-refractivity contribution in [3.05, 3.63) is 58.8 Å². The largest absolute Gasteiger partial charge is 0.507 e. The summed E-state index contributed by atoms with van der Waals surface area (Å²) in [4.78, 5) is 25.1. The van der Waals surface area contributed by atoms with Crippen molar-refractivity contribution in [3.8, 4) is 22.8 Å². The van der Waals surface area contributed by atoms with Crippen molar-refractivity contribution >= 4 is 16.8 Å². The van der Waals surface area contributed by atoms with E-state index in [2.05, 4.69) is 0 Å². The first-order chi connectivity index (χ1) is 14.3. The van der Waals surface area contributed by atoms with Gasteiger partial charge < -0.3 is 19.0 Å². The minimum absolute atomic E-state index is 0.00884. The fourth-order valence-electron chi connectivity index (χ4n) is 3.85. The Balaban J connectivity index is 1.57. The predicted octanol–water partition coefficient (Wildman–Crippen LogP) is 4.32. The van der Waals surface area contributed by atoms with E-state index < -0.39 is 0 Å². The molecule has 0 radical (unpaired) electrons. The first kappa shape index (κ1) is 20.2. The SMILES string of the molecule is CC1(C)C[C@H](C(=O)COc2cc(O)c3c(=O)cc(-c4ccccc4)oc3c2)CCO1. The second-order valence-corrected chi connectivity index (χ2v) is 8.21. The molecule has 156 valence electrons. The van der Waals surface area contributed by atoms with Crippen LogP contribution in [0.1, 0.15) is 26.7 Å². The van der Waals surface area contributed by atoms with Gasteiger partial charge in [0.25, 0.3) is 0 Å². The molecule has 0 bridgehead atoms. The molecule has 1 atom stereocenters. The normalized spacial score (nSPS) is 18.3. The molecule has 0 aliphatic carbocycles. The molecule has 30 heavy (non-hydrogen) atoms. The molecule has 6 heteroatoms. The first-order valence-corrected chi connectivity index (χ1v) is 9.98. The molecule has 1 aliphatic rings. The van der Waals surface area contributed by atoms with Crippen LogP contribution in [0.15, 0.2) is 57.7 Å². The Hall–Kier alpha value is -3.12. The Morgan fingerprint density at radius 2 is 1.97 bits per heavy atom. The Kier molecular flexibility index (Phi) is 5.35. The maximum absolute atomic E-state index is 12.6. The maximum atomic E-state index is 12.6. The highest BCUT2D eigenvalue weighted by Crippen LogP contribution is 2.32. The average Bonchev–Trinajstić information content (AvgIpc) is 2.71. The second-order valence-electron chi connectivity index (χ2n) is 8.21. The molecule has 4 rings (SSSR count). The van der Waals surface area contributed by atoms with Gasteiger partial charge in [0.05, 0.1) is 5.60 Å². The van der Waals surface area contributed by atoms with Gasteiger partial charge in [0, 0.05) is 36.3 Å². The van der Waals surface area contributed by atoms with Crippen LogP contribution < -0.4 is 10.2 Å². The van der Waals surface area contributed by atoms with Gasteiger partial charge in [0.15, 0.2) is 11.2 Å². The second kappa shape index (κ2) is 7.95. The quantitative estimate of drug-likeness (QED) is 0.677. The average molecular weight is 408 g/mol. The highest BCUT2D eigenvalue weighted by Gasteiger charge is 2.32. The number of aromatic hydroxyl groups is 1. The maximum Gasteiger partial charge on any atom is 0.197 e. The highest BCUT2D eigenvalue weighted by molar-refractivity contribution is 5.86. The van der Waals surface area contributed by atoms with Crippen molar-refractivity contribution in [2.75, 3.05) is 13.2 Å². The minimum Gasteiger partial charge on any atom is -0.507 e. The van der Waals surface area contributed by atoms with E-state index in [0.29, 0.717) is 25.2 Å². The number of rotatable bonds is 5. The smallest absolute Gasteiger partial charge is 0.197 e. The highest BCUT2D eigenvalue weighted by atomic mass is 16.5. The number of carbonyl (C=O) groups is 1. The third-order valence-electron chi connectivity index (χ3n) is 5.38. The van der Waals surface area contributed by atoms with Crippen LogP contribution >= 0.6 is 0 Å². The van der Waals surface area contributed by atoms with Gasteiger partial charge in [-0.3, -0.25) is 9.59 Å². The molecule has 1 N–H and O–H groups in total. The van der Waals surface area contributed by atoms with Crippen molar-refractivity contribution in [2.24, 2.45) is 5.92 Å². The molecule has 0 unspecified atom stereocenters. The van der Waals surface area contributed by atoms with Crippen molar-refractivity contribution in [3.63, 3.8) is 0 Å². The number of ether oxygens (including phenoxy) is 2. The number of fused-ring (bicyclic) bond motifs is 1. The van der Waals surface area contributed by atoms with Gasteiger partial charge >= 0.3 is 0 Å². The van der Waals surface area contributed by atoms with Gasteiger partial charge in [-0.05, 0) is 26.7 Å². The van der Waals surface area contributed by atoms with Crippen LogP contribution in [0.25, 0.3) is 22.3 Å². The summed E-state index contributed by atoms with van der Waals surface area (Å²) in [5.41, 5.74) is 0.284. The summed E-state index contributed by atoms with van der Waals surface area (Å²) in [6.45, 7) is 4.38. The summed E-state index contributed by atoms with van der Waals surface area (Å²) >= 11 is 0. The van der Waals surface area contributed by atoms with Crippen molar-refractivity contribution in [1.29, 1.82) is 0 Å². The summed E-state index contributed by atoms with van der Waals surface area (Å²) in [5.74, 6) is 0.296. The zero-order chi connectivity index (χ0) is 21.3. The summed E-state index contributed by atoms with van der Waals surface area (Å²) in [7, 11) is 0. The van der Waals surface area contributed by atoms with E-state index in [4.69, 9.17) is 13.9 Å². The molecular weight excluding hydrogens is 384 g/mol. The molecule has 6 nitrogen and oxygen atoms in total. The number of phenolic OH excluding ortho intramolecular Hbond substituents is 1. The molecular formula is C24H24O6. The van der Waals surface area contributed by atoms with Crippen molar-refractivity contribution in [1.82, 2.24) is 0 Å². The number of Topliss-reactive ketones (excluding diaryl/α,β-unsaturated/α-hetero) is 1. The van der Waals surface area contributed by atoms with Crippen LogP contribution in [-0.4, -0.2) is 29.7 Å². The van der Waals surface area contributed by atoms with Gasteiger partial charge in [-0.25, -0.2) is 0 Å². The molecule has 2 aromatic carbocycles. The van der Waals surface area contributed by atoms with Crippen molar-refractivity contribution in [2.45, 2.75) is 32.3 Å². The van der Waals surface area contributed by atoms with Gasteiger partial charge in [0.1, 0.15) is 34.8 Å². The summed E-state index contributed by atoms with van der Waals surface area (Å²) in [6.07, 6.45) is 1.32. The van der Waals surface area contributed by atoms with Crippen LogP contribution in [0.2, 0.25) is 0 Å². The Labute approximate surface area is 174 Å². The molecule has 1 aromatic heterocycles. The number of carbonyl (C=O) groups excluding carboxylic acids is 1. The lowest BCUT2D eigenvalue weighted by molar-refractivity contribution is -0.135. The van der Waals surface area contributed by atoms with E-state index in [1.807, 2.05) is 44.2 Å². The monoisotopic (exact) mass is 408 g/mol. The van der Waals surface area contributed by atoms with Crippen LogP contribution in [0.4, 0.5) is 0 Å². The van der Waals surface area contributed by atoms with E-state index in [1.165, 1.54) is 18.2 Å². The number of phenols is 1. The summed E-state index contributed by atoms with van der Waals surface area (Å²) in [6, 6.07) is 13.5. The third-order valence-corrected chi connectivity index (χ3v) is 5.38. The fourth-order valence-corrected chi connectivity index (χ4v) is 3.85. The Morgan fingerprint density at radius 1 is 1.20 bits per heavy atom. The van der Waals surface area contributed by atoms with Crippen molar-refractivity contribution < 1.29 is 23.8 Å². The van der Waals surface area contributed by atoms with Crippen LogP contribution in [0.5, 0.6) is 11.5 Å². The lowest BCUT2D eigenvalue weighted by atomic mass is 9.86. The number of hydrogen-bond acceptors (Lipinski definition) is 6. The van der Waals surface area contributed by atoms with E-state index in [9.17, 15) is 14.7 Å². The number of hydrogen-bond donors (Lipinski definition) is 1. The molecule has 1 fully saturated rings.